The van der Waals surface area contributed by atoms with Crippen molar-refractivity contribution in [1.29, 1.82) is 0 Å². The maximum atomic E-state index is 13.9. The predicted octanol–water partition coefficient (Wildman–Crippen LogP) is 2.31. The highest BCUT2D eigenvalue weighted by atomic mass is 19.1. The normalized spacial score (nSPS) is 25.1. The van der Waals surface area contributed by atoms with E-state index < -0.39 is 0 Å². The van der Waals surface area contributed by atoms with Crippen LogP contribution in [0.15, 0.2) is 48.5 Å². The van der Waals surface area contributed by atoms with Gasteiger partial charge in [-0.1, -0.05) is 36.1 Å². The quantitative estimate of drug-likeness (QED) is 0.666. The van der Waals surface area contributed by atoms with E-state index in [1.165, 1.54) is 6.07 Å². The van der Waals surface area contributed by atoms with Gasteiger partial charge in [0.05, 0.1) is 31.9 Å². The fourth-order valence-corrected chi connectivity index (χ4v) is 5.71. The predicted molar refractivity (Wildman–Crippen MR) is 136 cm³/mol. The van der Waals surface area contributed by atoms with Gasteiger partial charge in [0.25, 0.3) is 0 Å². The lowest BCUT2D eigenvalue weighted by Crippen LogP contribution is -2.68. The highest BCUT2D eigenvalue weighted by molar-refractivity contribution is 5.78. The average molecular weight is 492 g/mol. The van der Waals surface area contributed by atoms with Crippen LogP contribution in [0.25, 0.3) is 0 Å². The van der Waals surface area contributed by atoms with Gasteiger partial charge in [0.1, 0.15) is 5.82 Å². The topological polar surface area (TPSA) is 56.2 Å². The maximum absolute atomic E-state index is 13.9. The molecule has 0 aliphatic carbocycles. The van der Waals surface area contributed by atoms with Crippen LogP contribution in [-0.4, -0.2) is 96.9 Å². The van der Waals surface area contributed by atoms with Crippen LogP contribution in [0, 0.1) is 17.7 Å². The van der Waals surface area contributed by atoms with E-state index in [2.05, 4.69) is 33.8 Å². The van der Waals surface area contributed by atoms with E-state index in [-0.39, 0.29) is 36.3 Å². The van der Waals surface area contributed by atoms with Crippen LogP contribution >= 0.6 is 0 Å². The standard InChI is InChI=1S/C29H34FN3O3/c30-25-6-2-1-5-23(25)10-7-22-8-11-24(12-9-22)29-26-19-32(13-3-4-14-33(26)27(29)21-34)28(35)20-31-15-17-36-18-16-31/h1-2,5-6,8-9,11-12,26-27,29,34H,3-4,13-21H2/t26-,27+,29+/m1/s1. The lowest BCUT2D eigenvalue weighted by Gasteiger charge is -2.57. The van der Waals surface area contributed by atoms with Crippen molar-refractivity contribution in [3.63, 3.8) is 0 Å². The number of aliphatic hydroxyl groups is 1. The van der Waals surface area contributed by atoms with Crippen LogP contribution in [0.4, 0.5) is 4.39 Å². The molecule has 36 heavy (non-hydrogen) atoms. The zero-order chi connectivity index (χ0) is 24.9. The molecule has 0 aromatic heterocycles. The van der Waals surface area contributed by atoms with Gasteiger partial charge >= 0.3 is 0 Å². The Bertz CT molecular complexity index is 1110. The Labute approximate surface area is 212 Å². The number of morpholine rings is 1. The molecule has 3 aliphatic rings. The first-order valence-electron chi connectivity index (χ1n) is 12.9. The molecule has 0 radical (unpaired) electrons. The van der Waals surface area contributed by atoms with Crippen LogP contribution in [0.5, 0.6) is 0 Å². The summed E-state index contributed by atoms with van der Waals surface area (Å²) in [7, 11) is 0. The minimum atomic E-state index is -0.320. The molecule has 5 rings (SSSR count). The zero-order valence-corrected chi connectivity index (χ0v) is 20.6. The van der Waals surface area contributed by atoms with Crippen molar-refractivity contribution in [3.05, 3.63) is 71.0 Å². The molecule has 190 valence electrons. The number of nitrogens with zero attached hydrogens (tertiary/aromatic N) is 3. The van der Waals surface area contributed by atoms with Crippen molar-refractivity contribution < 1.29 is 19.0 Å². The van der Waals surface area contributed by atoms with Gasteiger partial charge in [-0.2, -0.15) is 0 Å². The van der Waals surface area contributed by atoms with Crippen molar-refractivity contribution in [2.75, 3.05) is 59.1 Å². The Morgan fingerprint density at radius 3 is 2.50 bits per heavy atom. The van der Waals surface area contributed by atoms with Gasteiger partial charge in [-0.25, -0.2) is 4.39 Å². The number of carbonyl (C=O) groups excluding carboxylic acids is 1. The van der Waals surface area contributed by atoms with Crippen LogP contribution in [0.3, 0.4) is 0 Å². The Kier molecular flexibility index (Phi) is 7.98. The Morgan fingerprint density at radius 2 is 1.75 bits per heavy atom. The molecule has 3 heterocycles. The Hall–Kier alpha value is -2.76. The number of carbonyl (C=O) groups is 1. The zero-order valence-electron chi connectivity index (χ0n) is 20.6. The lowest BCUT2D eigenvalue weighted by atomic mass is 9.74. The molecular formula is C29H34FN3O3. The van der Waals surface area contributed by atoms with E-state index in [1.54, 1.807) is 18.2 Å². The third-order valence-corrected chi connectivity index (χ3v) is 7.70. The molecule has 2 aromatic rings. The molecule has 0 spiro atoms. The van der Waals surface area contributed by atoms with E-state index in [4.69, 9.17) is 4.74 Å². The van der Waals surface area contributed by atoms with E-state index >= 15 is 0 Å². The third-order valence-electron chi connectivity index (χ3n) is 7.70. The molecule has 0 unspecified atom stereocenters. The third kappa shape index (κ3) is 5.47. The second kappa shape index (κ2) is 11.5. The molecule has 3 aliphatic heterocycles. The minimum Gasteiger partial charge on any atom is -0.395 e. The minimum absolute atomic E-state index is 0.0552. The fourth-order valence-electron chi connectivity index (χ4n) is 5.71. The summed E-state index contributed by atoms with van der Waals surface area (Å²) in [6.45, 7) is 5.93. The van der Waals surface area contributed by atoms with E-state index in [1.807, 2.05) is 17.0 Å². The average Bonchev–Trinajstić information content (AvgIpc) is 2.88. The van der Waals surface area contributed by atoms with E-state index in [0.29, 0.717) is 31.9 Å². The molecule has 2 aromatic carbocycles. The summed E-state index contributed by atoms with van der Waals surface area (Å²) in [6.07, 6.45) is 2.00. The highest BCUT2D eigenvalue weighted by Crippen LogP contribution is 2.42. The van der Waals surface area contributed by atoms with Crippen LogP contribution in [0.2, 0.25) is 0 Å². The number of amides is 1. The summed E-state index contributed by atoms with van der Waals surface area (Å²) in [5.74, 6) is 5.97. The van der Waals surface area contributed by atoms with Crippen molar-refractivity contribution in [2.24, 2.45) is 0 Å². The fraction of sp³-hybridized carbons (Fsp3) is 0.483. The van der Waals surface area contributed by atoms with Gasteiger partial charge in [0.15, 0.2) is 0 Å². The monoisotopic (exact) mass is 491 g/mol. The number of fused-ring (bicyclic) bond motifs is 1. The maximum Gasteiger partial charge on any atom is 0.236 e. The lowest BCUT2D eigenvalue weighted by molar-refractivity contribution is -0.138. The Morgan fingerprint density at radius 1 is 1.00 bits per heavy atom. The first-order valence-corrected chi connectivity index (χ1v) is 12.9. The van der Waals surface area contributed by atoms with Crippen LogP contribution < -0.4 is 0 Å². The molecule has 3 fully saturated rings. The largest absolute Gasteiger partial charge is 0.395 e. The van der Waals surface area contributed by atoms with Crippen LogP contribution in [0.1, 0.15) is 35.4 Å². The number of halogens is 1. The molecule has 1 N–H and O–H groups in total. The molecule has 7 heteroatoms. The molecule has 3 atom stereocenters. The summed E-state index contributed by atoms with van der Waals surface area (Å²) in [5, 5.41) is 10.2. The molecule has 6 nitrogen and oxygen atoms in total. The van der Waals surface area contributed by atoms with E-state index in [0.717, 1.165) is 50.1 Å². The van der Waals surface area contributed by atoms with Gasteiger partial charge in [0.2, 0.25) is 5.91 Å². The highest BCUT2D eigenvalue weighted by Gasteiger charge is 2.49. The second-order valence-corrected chi connectivity index (χ2v) is 9.87. The number of rotatable bonds is 4. The van der Waals surface area contributed by atoms with Crippen molar-refractivity contribution in [2.45, 2.75) is 30.8 Å². The summed E-state index contributed by atoms with van der Waals surface area (Å²) >= 11 is 0. The summed E-state index contributed by atoms with van der Waals surface area (Å²) in [4.78, 5) is 19.8. The number of hydrogen-bond acceptors (Lipinski definition) is 5. The summed E-state index contributed by atoms with van der Waals surface area (Å²) < 4.78 is 19.3. The SMILES string of the molecule is O=C(CN1CCOCC1)N1CCCCN2[C@H](C1)[C@H](c1ccc(C#Cc3ccccc3F)cc1)[C@@H]2CO. The second-order valence-electron chi connectivity index (χ2n) is 9.87. The molecule has 0 saturated carbocycles. The summed E-state index contributed by atoms with van der Waals surface area (Å²) in [5.41, 5.74) is 2.35. The van der Waals surface area contributed by atoms with Crippen molar-refractivity contribution >= 4 is 5.91 Å². The number of benzene rings is 2. The van der Waals surface area contributed by atoms with Crippen molar-refractivity contribution in [1.82, 2.24) is 14.7 Å². The van der Waals surface area contributed by atoms with Gasteiger partial charge in [0, 0.05) is 49.7 Å². The molecule has 3 saturated heterocycles. The number of ether oxygens (including phenoxy) is 1. The van der Waals surface area contributed by atoms with Crippen LogP contribution in [-0.2, 0) is 9.53 Å². The van der Waals surface area contributed by atoms with Crippen molar-refractivity contribution in [3.8, 4) is 11.8 Å². The summed E-state index contributed by atoms with van der Waals surface area (Å²) in [6, 6.07) is 14.8. The van der Waals surface area contributed by atoms with Gasteiger partial charge in [-0.15, -0.1) is 0 Å². The Balaban J connectivity index is 1.30. The first kappa shape index (κ1) is 24.9. The number of aliphatic hydroxyl groups excluding tert-OH is 1. The number of hydrogen-bond donors (Lipinski definition) is 1. The molecule has 1 amide bonds. The first-order chi connectivity index (χ1) is 17.6. The van der Waals surface area contributed by atoms with Gasteiger partial charge in [-0.05, 0) is 49.2 Å². The van der Waals surface area contributed by atoms with Gasteiger partial charge in [-0.3, -0.25) is 14.6 Å². The van der Waals surface area contributed by atoms with Gasteiger partial charge < -0.3 is 14.7 Å². The van der Waals surface area contributed by atoms with E-state index in [9.17, 15) is 14.3 Å². The smallest absolute Gasteiger partial charge is 0.236 e. The molecule has 0 bridgehead atoms. The molecular weight excluding hydrogens is 457 g/mol.